The largest absolute Gasteiger partial charge is 0.484 e. The molecule has 0 aliphatic rings. The molecule has 3 aromatic rings. The average molecular weight is 449 g/mol. The highest BCUT2D eigenvalue weighted by Gasteiger charge is 2.22. The lowest BCUT2D eigenvalue weighted by Gasteiger charge is -2.18. The first-order valence-corrected chi connectivity index (χ1v) is 12.1. The minimum absolute atomic E-state index is 0.146. The summed E-state index contributed by atoms with van der Waals surface area (Å²) in [6.45, 7) is -0.146. The fourth-order valence-electron chi connectivity index (χ4n) is 2.46. The summed E-state index contributed by atoms with van der Waals surface area (Å²) in [4.78, 5) is 13.2. The smallest absolute Gasteiger partial charge is 0.273 e. The second-order valence-electron chi connectivity index (χ2n) is 5.96. The number of ether oxygens (including phenoxy) is 1. The van der Waals surface area contributed by atoms with Gasteiger partial charge in [-0.3, -0.25) is 9.10 Å². The zero-order valence-corrected chi connectivity index (χ0v) is 18.3. The molecule has 1 amide bonds. The molecule has 0 aliphatic heterocycles. The van der Waals surface area contributed by atoms with Crippen molar-refractivity contribution in [1.82, 2.24) is 0 Å². The van der Waals surface area contributed by atoms with Gasteiger partial charge in [-0.2, -0.15) is 0 Å². The number of nitrogens with zero attached hydrogens (tertiary/aromatic N) is 1. The Morgan fingerprint density at radius 1 is 1.10 bits per heavy atom. The van der Waals surface area contributed by atoms with Crippen molar-refractivity contribution in [1.29, 1.82) is 0 Å². The van der Waals surface area contributed by atoms with Crippen LogP contribution in [0.25, 0.3) is 0 Å². The van der Waals surface area contributed by atoms with Gasteiger partial charge < -0.3 is 10.1 Å². The summed E-state index contributed by atoms with van der Waals surface area (Å²) >= 11 is 2.80. The van der Waals surface area contributed by atoms with E-state index >= 15 is 0 Å². The van der Waals surface area contributed by atoms with Crippen LogP contribution in [0.3, 0.4) is 0 Å². The quantitative estimate of drug-likeness (QED) is 0.520. The number of anilines is 2. The molecule has 3 rings (SSSR count). The van der Waals surface area contributed by atoms with E-state index in [2.05, 4.69) is 5.32 Å². The second kappa shape index (κ2) is 9.34. The zero-order chi connectivity index (χ0) is 20.9. The lowest BCUT2D eigenvalue weighted by Crippen LogP contribution is -2.25. The number of nitrogens with one attached hydrogen (secondary N) is 1. The molecule has 2 aromatic carbocycles. The van der Waals surface area contributed by atoms with Gasteiger partial charge in [0.2, 0.25) is 0 Å². The molecule has 0 saturated carbocycles. The molecule has 0 spiro atoms. The molecule has 1 N–H and O–H groups in total. The van der Waals surface area contributed by atoms with Gasteiger partial charge in [0.05, 0.1) is 5.69 Å². The number of amides is 1. The Morgan fingerprint density at radius 3 is 2.38 bits per heavy atom. The van der Waals surface area contributed by atoms with Crippen molar-refractivity contribution in [3.63, 3.8) is 0 Å². The number of hydrogen-bond donors (Lipinski definition) is 1. The van der Waals surface area contributed by atoms with Crippen LogP contribution in [0, 0.1) is 0 Å². The molecular weight excluding hydrogens is 428 g/mol. The molecular formula is C20H20N2O4S3. The number of thioether (sulfide) groups is 1. The van der Waals surface area contributed by atoms with Crippen molar-refractivity contribution >= 4 is 50.4 Å². The Morgan fingerprint density at radius 2 is 1.79 bits per heavy atom. The number of thiophene rings is 1. The minimum atomic E-state index is -3.58. The molecule has 9 heteroatoms. The van der Waals surface area contributed by atoms with E-state index in [1.165, 1.54) is 22.7 Å². The molecule has 1 heterocycles. The van der Waals surface area contributed by atoms with E-state index in [0.29, 0.717) is 17.1 Å². The Hall–Kier alpha value is -2.49. The molecule has 0 bridgehead atoms. The molecule has 0 fully saturated rings. The lowest BCUT2D eigenvalue weighted by molar-refractivity contribution is -0.118. The van der Waals surface area contributed by atoms with E-state index in [-0.39, 0.29) is 16.7 Å². The van der Waals surface area contributed by atoms with Gasteiger partial charge in [0.15, 0.2) is 6.61 Å². The van der Waals surface area contributed by atoms with Gasteiger partial charge in [0.1, 0.15) is 9.96 Å². The van der Waals surface area contributed by atoms with Crippen LogP contribution in [-0.4, -0.2) is 34.2 Å². The molecule has 152 valence electrons. The summed E-state index contributed by atoms with van der Waals surface area (Å²) in [6.07, 6.45) is 1.99. The first-order valence-electron chi connectivity index (χ1n) is 8.59. The number of sulfonamides is 1. The lowest BCUT2D eigenvalue weighted by atomic mass is 10.3. The van der Waals surface area contributed by atoms with Crippen molar-refractivity contribution in [2.45, 2.75) is 9.10 Å². The summed E-state index contributed by atoms with van der Waals surface area (Å²) in [6, 6.07) is 17.4. The highest BCUT2D eigenvalue weighted by molar-refractivity contribution is 7.98. The zero-order valence-electron chi connectivity index (χ0n) is 15.9. The Bertz CT molecular complexity index is 1050. The number of carbonyl (C=O) groups is 1. The topological polar surface area (TPSA) is 75.7 Å². The first kappa shape index (κ1) is 21.2. The summed E-state index contributed by atoms with van der Waals surface area (Å²) in [7, 11) is -2.08. The third-order valence-corrected chi connectivity index (χ3v) is 7.96. The van der Waals surface area contributed by atoms with E-state index < -0.39 is 10.0 Å². The highest BCUT2D eigenvalue weighted by Crippen LogP contribution is 2.26. The maximum absolute atomic E-state index is 12.6. The van der Waals surface area contributed by atoms with Gasteiger partial charge in [-0.1, -0.05) is 6.07 Å². The van der Waals surface area contributed by atoms with E-state index in [9.17, 15) is 13.2 Å². The summed E-state index contributed by atoms with van der Waals surface area (Å²) in [5, 5.41) is 4.49. The highest BCUT2D eigenvalue weighted by atomic mass is 32.2. The predicted molar refractivity (Wildman–Crippen MR) is 119 cm³/mol. The minimum Gasteiger partial charge on any atom is -0.484 e. The number of rotatable bonds is 8. The number of benzene rings is 2. The standard InChI is InChI=1S/C20H20N2O4S3/c1-22(29(24,25)20-4-3-13-28-20)16-7-9-17(10-8-16)26-14-19(23)21-15-5-11-18(27-2)12-6-15/h3-13H,14H2,1-2H3,(H,21,23). The molecule has 29 heavy (non-hydrogen) atoms. The number of carbonyl (C=O) groups excluding carboxylic acids is 1. The molecule has 0 radical (unpaired) electrons. The Labute approximate surface area is 178 Å². The second-order valence-corrected chi connectivity index (χ2v) is 9.99. The van der Waals surface area contributed by atoms with Crippen LogP contribution in [0.15, 0.2) is 75.1 Å². The molecule has 0 unspecified atom stereocenters. The van der Waals surface area contributed by atoms with Crippen LogP contribution in [0.2, 0.25) is 0 Å². The number of hydrogen-bond acceptors (Lipinski definition) is 6. The fourth-order valence-corrected chi connectivity index (χ4v) is 5.22. The third kappa shape index (κ3) is 5.31. The maximum atomic E-state index is 12.6. The fraction of sp³-hybridized carbons (Fsp3) is 0.150. The van der Waals surface area contributed by atoms with Crippen LogP contribution >= 0.6 is 23.1 Å². The van der Waals surface area contributed by atoms with Crippen LogP contribution in [-0.2, 0) is 14.8 Å². The van der Waals surface area contributed by atoms with E-state index in [0.717, 1.165) is 4.90 Å². The average Bonchev–Trinajstić information content (AvgIpc) is 3.28. The summed E-state index contributed by atoms with van der Waals surface area (Å²) < 4.78 is 32.1. The van der Waals surface area contributed by atoms with Gasteiger partial charge in [-0.05, 0) is 66.2 Å². The van der Waals surface area contributed by atoms with E-state index in [1.807, 2.05) is 30.5 Å². The Kier molecular flexibility index (Phi) is 6.83. The van der Waals surface area contributed by atoms with Gasteiger partial charge in [-0.25, -0.2) is 8.42 Å². The first-order chi connectivity index (χ1) is 13.9. The van der Waals surface area contributed by atoms with Crippen molar-refractivity contribution in [3.8, 4) is 5.75 Å². The van der Waals surface area contributed by atoms with Crippen molar-refractivity contribution < 1.29 is 17.9 Å². The van der Waals surface area contributed by atoms with Crippen LogP contribution < -0.4 is 14.4 Å². The normalized spacial score (nSPS) is 11.1. The maximum Gasteiger partial charge on any atom is 0.273 e. The van der Waals surface area contributed by atoms with Crippen LogP contribution in [0.1, 0.15) is 0 Å². The van der Waals surface area contributed by atoms with Gasteiger partial charge in [0.25, 0.3) is 15.9 Å². The SMILES string of the molecule is CSc1ccc(NC(=O)COc2ccc(N(C)S(=O)(=O)c3cccs3)cc2)cc1. The molecule has 6 nitrogen and oxygen atoms in total. The van der Waals surface area contributed by atoms with Crippen molar-refractivity contribution in [3.05, 3.63) is 66.0 Å². The van der Waals surface area contributed by atoms with Crippen LogP contribution in [0.5, 0.6) is 5.75 Å². The van der Waals surface area contributed by atoms with Gasteiger partial charge in [-0.15, -0.1) is 23.1 Å². The van der Waals surface area contributed by atoms with Crippen molar-refractivity contribution in [2.24, 2.45) is 0 Å². The Balaban J connectivity index is 1.56. The molecule has 1 aromatic heterocycles. The molecule has 0 aliphatic carbocycles. The van der Waals surface area contributed by atoms with Gasteiger partial charge >= 0.3 is 0 Å². The predicted octanol–water partition coefficient (Wildman–Crippen LogP) is 4.31. The van der Waals surface area contributed by atoms with Gasteiger partial charge in [0, 0.05) is 17.6 Å². The summed E-state index contributed by atoms with van der Waals surface area (Å²) in [5.41, 5.74) is 1.20. The van der Waals surface area contributed by atoms with Crippen molar-refractivity contribution in [2.75, 3.05) is 29.5 Å². The monoisotopic (exact) mass is 448 g/mol. The van der Waals surface area contributed by atoms with Crippen LogP contribution in [0.4, 0.5) is 11.4 Å². The molecule has 0 atom stereocenters. The summed E-state index contributed by atoms with van der Waals surface area (Å²) in [5.74, 6) is 0.201. The van der Waals surface area contributed by atoms with E-state index in [1.54, 1.807) is 53.5 Å². The van der Waals surface area contributed by atoms with E-state index in [4.69, 9.17) is 4.74 Å². The third-order valence-electron chi connectivity index (χ3n) is 4.05. The molecule has 0 saturated heterocycles.